The van der Waals surface area contributed by atoms with Crippen LogP contribution >= 0.6 is 0 Å². The fourth-order valence-electron chi connectivity index (χ4n) is 2.35. The predicted molar refractivity (Wildman–Crippen MR) is 73.5 cm³/mol. The number of likely N-dealkylation sites (N-methyl/N-ethyl adjacent to an activating group) is 1. The van der Waals surface area contributed by atoms with Gasteiger partial charge in [-0.25, -0.2) is 4.39 Å². The van der Waals surface area contributed by atoms with E-state index in [0.29, 0.717) is 35.9 Å². The summed E-state index contributed by atoms with van der Waals surface area (Å²) in [5.74, 6) is -0.568. The maximum atomic E-state index is 13.6. The third-order valence-electron chi connectivity index (χ3n) is 3.81. The molecule has 0 spiro atoms. The molecule has 1 fully saturated rings. The Morgan fingerprint density at radius 1 is 1.47 bits per heavy atom. The van der Waals surface area contributed by atoms with Crippen LogP contribution in [0.25, 0.3) is 0 Å². The monoisotopic (exact) mass is 265 g/mol. The number of nitrogen functional groups attached to an aromatic ring is 1. The third-order valence-corrected chi connectivity index (χ3v) is 3.81. The molecule has 1 aromatic carbocycles. The molecule has 1 aliphatic rings. The molecule has 1 unspecified atom stereocenters. The summed E-state index contributed by atoms with van der Waals surface area (Å²) in [5.41, 5.74) is 6.77. The molecule has 0 aromatic heterocycles. The lowest BCUT2D eigenvalue weighted by molar-refractivity contribution is 0.0782. The Hall–Kier alpha value is -1.62. The van der Waals surface area contributed by atoms with Gasteiger partial charge in [-0.05, 0) is 39.6 Å². The van der Waals surface area contributed by atoms with Crippen LogP contribution in [0.1, 0.15) is 22.3 Å². The number of carbonyl (C=O) groups is 1. The molecule has 1 saturated heterocycles. The van der Waals surface area contributed by atoms with Crippen LogP contribution in [0.15, 0.2) is 12.1 Å². The van der Waals surface area contributed by atoms with Gasteiger partial charge in [-0.15, -0.1) is 0 Å². The van der Waals surface area contributed by atoms with E-state index in [1.54, 1.807) is 17.9 Å². The summed E-state index contributed by atoms with van der Waals surface area (Å²) in [6, 6.07) is 3.21. The highest BCUT2D eigenvalue weighted by Crippen LogP contribution is 2.21. The summed E-state index contributed by atoms with van der Waals surface area (Å²) in [6.07, 6.45) is 0.947. The summed E-state index contributed by atoms with van der Waals surface area (Å²) >= 11 is 0. The maximum Gasteiger partial charge on any atom is 0.254 e. The topological polar surface area (TPSA) is 49.6 Å². The number of rotatable bonds is 2. The second kappa shape index (κ2) is 5.17. The molecule has 1 aliphatic heterocycles. The van der Waals surface area contributed by atoms with Crippen molar-refractivity contribution in [2.45, 2.75) is 19.4 Å². The van der Waals surface area contributed by atoms with Crippen LogP contribution in [-0.4, -0.2) is 48.9 Å². The minimum atomic E-state index is -0.424. The van der Waals surface area contributed by atoms with Crippen LogP contribution in [0.5, 0.6) is 0 Å². The average molecular weight is 265 g/mol. The Morgan fingerprint density at radius 2 is 2.16 bits per heavy atom. The molecule has 2 rings (SSSR count). The highest BCUT2D eigenvalue weighted by atomic mass is 19.1. The number of hydrogen-bond acceptors (Lipinski definition) is 3. The van der Waals surface area contributed by atoms with Crippen LogP contribution < -0.4 is 5.73 Å². The van der Waals surface area contributed by atoms with E-state index in [0.717, 1.165) is 6.42 Å². The number of nitrogens with two attached hydrogens (primary N) is 1. The molecule has 5 heteroatoms. The smallest absolute Gasteiger partial charge is 0.254 e. The molecular formula is C14H20FN3O. The molecule has 0 bridgehead atoms. The van der Waals surface area contributed by atoms with Crippen LogP contribution in [-0.2, 0) is 0 Å². The highest BCUT2D eigenvalue weighted by Gasteiger charge is 2.28. The molecule has 104 valence electrons. The van der Waals surface area contributed by atoms with Crippen molar-refractivity contribution in [2.75, 3.05) is 32.9 Å². The van der Waals surface area contributed by atoms with Crippen molar-refractivity contribution in [1.29, 1.82) is 0 Å². The number of benzene rings is 1. The SMILES string of the molecule is Cc1c(N)cc(C(=O)N2CCC(N(C)C)C2)cc1F. The second-order valence-corrected chi connectivity index (χ2v) is 5.33. The van der Waals surface area contributed by atoms with Gasteiger partial charge in [0.1, 0.15) is 5.82 Å². The van der Waals surface area contributed by atoms with Crippen molar-refractivity contribution in [3.05, 3.63) is 29.1 Å². The largest absolute Gasteiger partial charge is 0.398 e. The van der Waals surface area contributed by atoms with Gasteiger partial charge < -0.3 is 15.5 Å². The number of likely N-dealkylation sites (tertiary alicyclic amines) is 1. The quantitative estimate of drug-likeness (QED) is 0.824. The normalized spacial score (nSPS) is 19.2. The van der Waals surface area contributed by atoms with Gasteiger partial charge in [0.15, 0.2) is 0 Å². The lowest BCUT2D eigenvalue weighted by Crippen LogP contribution is -2.34. The molecule has 0 aliphatic carbocycles. The number of nitrogens with zero attached hydrogens (tertiary/aromatic N) is 2. The van der Waals surface area contributed by atoms with Gasteiger partial charge in [-0.3, -0.25) is 4.79 Å². The van der Waals surface area contributed by atoms with Gasteiger partial charge in [0.25, 0.3) is 5.91 Å². The van der Waals surface area contributed by atoms with Crippen molar-refractivity contribution in [3.8, 4) is 0 Å². The first-order chi connectivity index (χ1) is 8.90. The average Bonchev–Trinajstić information content (AvgIpc) is 2.84. The fraction of sp³-hybridized carbons (Fsp3) is 0.500. The number of anilines is 1. The molecule has 1 amide bonds. The Kier molecular flexibility index (Phi) is 3.75. The number of amides is 1. The van der Waals surface area contributed by atoms with Crippen LogP contribution in [0.4, 0.5) is 10.1 Å². The summed E-state index contributed by atoms with van der Waals surface area (Å²) < 4.78 is 13.6. The summed E-state index contributed by atoms with van der Waals surface area (Å²) in [7, 11) is 4.00. The van der Waals surface area contributed by atoms with E-state index < -0.39 is 5.82 Å². The van der Waals surface area contributed by atoms with Crippen molar-refractivity contribution in [2.24, 2.45) is 0 Å². The molecule has 19 heavy (non-hydrogen) atoms. The molecular weight excluding hydrogens is 245 g/mol. The Balaban J connectivity index is 2.17. The third kappa shape index (κ3) is 2.71. The van der Waals surface area contributed by atoms with E-state index >= 15 is 0 Å². The fourth-order valence-corrected chi connectivity index (χ4v) is 2.35. The van der Waals surface area contributed by atoms with Gasteiger partial charge in [0.2, 0.25) is 0 Å². The Bertz CT molecular complexity index is 478. The zero-order chi connectivity index (χ0) is 14.2. The zero-order valence-corrected chi connectivity index (χ0v) is 11.6. The molecule has 1 heterocycles. The number of halogens is 1. The van der Waals surface area contributed by atoms with Crippen LogP contribution in [0.3, 0.4) is 0 Å². The molecule has 0 saturated carbocycles. The van der Waals surface area contributed by atoms with Crippen molar-refractivity contribution >= 4 is 11.6 Å². The maximum absolute atomic E-state index is 13.6. The van der Waals surface area contributed by atoms with Gasteiger partial charge in [0, 0.05) is 35.9 Å². The van der Waals surface area contributed by atoms with E-state index in [2.05, 4.69) is 4.90 Å². The molecule has 1 aromatic rings. The van der Waals surface area contributed by atoms with Crippen LogP contribution in [0.2, 0.25) is 0 Å². The predicted octanol–water partition coefficient (Wildman–Crippen LogP) is 1.49. The molecule has 2 N–H and O–H groups in total. The first kappa shape index (κ1) is 13.8. The lowest BCUT2D eigenvalue weighted by Gasteiger charge is -2.20. The lowest BCUT2D eigenvalue weighted by atomic mass is 10.1. The van der Waals surface area contributed by atoms with E-state index in [1.165, 1.54) is 6.07 Å². The zero-order valence-electron chi connectivity index (χ0n) is 11.6. The summed E-state index contributed by atoms with van der Waals surface area (Å²) in [4.78, 5) is 16.2. The van der Waals surface area contributed by atoms with Gasteiger partial charge in [-0.1, -0.05) is 0 Å². The van der Waals surface area contributed by atoms with Crippen molar-refractivity contribution < 1.29 is 9.18 Å². The first-order valence-electron chi connectivity index (χ1n) is 6.41. The molecule has 4 nitrogen and oxygen atoms in total. The summed E-state index contributed by atoms with van der Waals surface area (Å²) in [5, 5.41) is 0. The number of hydrogen-bond donors (Lipinski definition) is 1. The van der Waals surface area contributed by atoms with Crippen molar-refractivity contribution in [1.82, 2.24) is 9.80 Å². The highest BCUT2D eigenvalue weighted by molar-refractivity contribution is 5.95. The van der Waals surface area contributed by atoms with E-state index in [4.69, 9.17) is 5.73 Å². The standard InChI is InChI=1S/C14H20FN3O/c1-9-12(15)6-10(7-13(9)16)14(19)18-5-4-11(8-18)17(2)3/h6-7,11H,4-5,8,16H2,1-3H3. The minimum Gasteiger partial charge on any atom is -0.398 e. The second-order valence-electron chi connectivity index (χ2n) is 5.33. The Labute approximate surface area is 113 Å². The number of carbonyl (C=O) groups excluding carboxylic acids is 1. The van der Waals surface area contributed by atoms with E-state index in [-0.39, 0.29) is 5.91 Å². The molecule has 1 atom stereocenters. The first-order valence-corrected chi connectivity index (χ1v) is 6.41. The van der Waals surface area contributed by atoms with Gasteiger partial charge in [-0.2, -0.15) is 0 Å². The van der Waals surface area contributed by atoms with Gasteiger partial charge in [0.05, 0.1) is 0 Å². The Morgan fingerprint density at radius 3 is 2.68 bits per heavy atom. The van der Waals surface area contributed by atoms with Crippen molar-refractivity contribution in [3.63, 3.8) is 0 Å². The van der Waals surface area contributed by atoms with E-state index in [9.17, 15) is 9.18 Å². The van der Waals surface area contributed by atoms with Gasteiger partial charge >= 0.3 is 0 Å². The minimum absolute atomic E-state index is 0.144. The summed E-state index contributed by atoms with van der Waals surface area (Å²) in [6.45, 7) is 3.00. The van der Waals surface area contributed by atoms with E-state index in [1.807, 2.05) is 14.1 Å². The molecule has 0 radical (unpaired) electrons. The van der Waals surface area contributed by atoms with Crippen LogP contribution in [0, 0.1) is 12.7 Å².